The molecule has 0 radical (unpaired) electrons. The quantitative estimate of drug-likeness (QED) is 0.739. The summed E-state index contributed by atoms with van der Waals surface area (Å²) < 4.78 is 5.79. The summed E-state index contributed by atoms with van der Waals surface area (Å²) in [5.74, 6) is 0.450. The third-order valence-electron chi connectivity index (χ3n) is 3.67. The molecular weight excluding hydrogens is 204 g/mol. The normalized spacial score (nSPS) is 29.7. The molecule has 1 aliphatic rings. The number of primary amides is 1. The third kappa shape index (κ3) is 3.46. The van der Waals surface area contributed by atoms with Crippen LogP contribution >= 0.6 is 0 Å². The molecule has 0 heterocycles. The van der Waals surface area contributed by atoms with Gasteiger partial charge in [0.2, 0.25) is 5.91 Å². The number of carbonyl (C=O) groups excluding carboxylic acids is 1. The van der Waals surface area contributed by atoms with Crippen LogP contribution in [-0.4, -0.2) is 31.2 Å². The van der Waals surface area contributed by atoms with Gasteiger partial charge in [-0.05, 0) is 45.6 Å². The van der Waals surface area contributed by atoms with Crippen molar-refractivity contribution in [2.75, 3.05) is 13.7 Å². The van der Waals surface area contributed by atoms with E-state index in [2.05, 4.69) is 12.2 Å². The van der Waals surface area contributed by atoms with Crippen LogP contribution in [0.4, 0.5) is 0 Å². The first-order valence-corrected chi connectivity index (χ1v) is 6.08. The van der Waals surface area contributed by atoms with Crippen molar-refractivity contribution in [2.45, 2.75) is 51.2 Å². The molecule has 1 rings (SSSR count). The van der Waals surface area contributed by atoms with Gasteiger partial charge in [0.1, 0.15) is 5.54 Å². The topological polar surface area (TPSA) is 64.3 Å². The highest BCUT2D eigenvalue weighted by molar-refractivity contribution is 5.84. The minimum Gasteiger partial charge on any atom is -0.376 e. The van der Waals surface area contributed by atoms with Gasteiger partial charge in [0.25, 0.3) is 0 Å². The zero-order valence-corrected chi connectivity index (χ0v) is 10.6. The molecule has 0 aromatic rings. The van der Waals surface area contributed by atoms with Crippen LogP contribution in [0.25, 0.3) is 0 Å². The van der Waals surface area contributed by atoms with E-state index in [0.29, 0.717) is 12.7 Å². The maximum absolute atomic E-state index is 11.3. The smallest absolute Gasteiger partial charge is 0.239 e. The number of nitrogens with one attached hydrogen (secondary N) is 1. The van der Waals surface area contributed by atoms with Gasteiger partial charge < -0.3 is 15.8 Å². The largest absolute Gasteiger partial charge is 0.376 e. The van der Waals surface area contributed by atoms with Crippen LogP contribution in [0.15, 0.2) is 0 Å². The fourth-order valence-corrected chi connectivity index (χ4v) is 1.95. The van der Waals surface area contributed by atoms with E-state index in [0.717, 1.165) is 18.8 Å². The summed E-state index contributed by atoms with van der Waals surface area (Å²) in [6.07, 6.45) is 4.93. The molecule has 4 heteroatoms. The molecular formula is C12H24N2O2. The summed E-state index contributed by atoms with van der Waals surface area (Å²) in [5, 5.41) is 2.93. The van der Waals surface area contributed by atoms with Gasteiger partial charge in [-0.3, -0.25) is 4.79 Å². The Labute approximate surface area is 97.9 Å². The van der Waals surface area contributed by atoms with E-state index in [1.807, 2.05) is 0 Å². The van der Waals surface area contributed by atoms with Crippen LogP contribution in [0.2, 0.25) is 0 Å². The molecule has 1 atom stereocenters. The average molecular weight is 228 g/mol. The summed E-state index contributed by atoms with van der Waals surface area (Å²) in [6, 6.07) is 0. The molecule has 0 bridgehead atoms. The molecule has 1 aliphatic carbocycles. The van der Waals surface area contributed by atoms with Gasteiger partial charge in [-0.2, -0.15) is 0 Å². The average Bonchev–Trinajstić information content (AvgIpc) is 2.27. The van der Waals surface area contributed by atoms with E-state index >= 15 is 0 Å². The van der Waals surface area contributed by atoms with E-state index < -0.39 is 5.54 Å². The third-order valence-corrected chi connectivity index (χ3v) is 3.67. The van der Waals surface area contributed by atoms with Crippen LogP contribution < -0.4 is 11.1 Å². The fourth-order valence-electron chi connectivity index (χ4n) is 1.95. The van der Waals surface area contributed by atoms with Crippen LogP contribution in [0, 0.1) is 5.92 Å². The molecule has 1 saturated carbocycles. The number of ether oxygens (including phenoxy) is 1. The second kappa shape index (κ2) is 5.64. The molecule has 4 nitrogen and oxygen atoms in total. The number of carbonyl (C=O) groups is 1. The summed E-state index contributed by atoms with van der Waals surface area (Å²) >= 11 is 0. The zero-order chi connectivity index (χ0) is 12.2. The predicted octanol–water partition coefficient (Wildman–Crippen LogP) is 1.05. The highest BCUT2D eigenvalue weighted by atomic mass is 16.5. The van der Waals surface area contributed by atoms with Crippen molar-refractivity contribution in [1.29, 1.82) is 0 Å². The first-order valence-electron chi connectivity index (χ1n) is 6.08. The lowest BCUT2D eigenvalue weighted by atomic mass is 9.89. The standard InChI is InChI=1S/C12H24N2O2/c1-9-4-6-10(7-5-9)16-8-12(2,14-3)11(13)15/h9-10,14H,4-8H2,1-3H3,(H2,13,15). The summed E-state index contributed by atoms with van der Waals surface area (Å²) in [6.45, 7) is 4.41. The maximum atomic E-state index is 11.3. The van der Waals surface area contributed by atoms with Crippen molar-refractivity contribution in [2.24, 2.45) is 11.7 Å². The zero-order valence-electron chi connectivity index (χ0n) is 10.6. The molecule has 0 saturated heterocycles. The van der Waals surface area contributed by atoms with E-state index in [9.17, 15) is 4.79 Å². The van der Waals surface area contributed by atoms with Crippen LogP contribution in [0.5, 0.6) is 0 Å². The monoisotopic (exact) mass is 228 g/mol. The second-order valence-electron chi connectivity index (χ2n) is 5.14. The van der Waals surface area contributed by atoms with Crippen LogP contribution in [0.3, 0.4) is 0 Å². The molecule has 0 aromatic carbocycles. The Hall–Kier alpha value is -0.610. The number of nitrogens with two attached hydrogens (primary N) is 1. The molecule has 1 unspecified atom stereocenters. The van der Waals surface area contributed by atoms with Crippen LogP contribution in [0.1, 0.15) is 39.5 Å². The highest BCUT2D eigenvalue weighted by Gasteiger charge is 2.31. The Balaban J connectivity index is 2.36. The van der Waals surface area contributed by atoms with Crippen molar-refractivity contribution in [1.82, 2.24) is 5.32 Å². The Morgan fingerprint density at radius 3 is 2.44 bits per heavy atom. The van der Waals surface area contributed by atoms with E-state index in [-0.39, 0.29) is 5.91 Å². The molecule has 0 aliphatic heterocycles. The number of hydrogen-bond acceptors (Lipinski definition) is 3. The molecule has 0 aromatic heterocycles. The molecule has 0 spiro atoms. The maximum Gasteiger partial charge on any atom is 0.239 e. The number of hydrogen-bond donors (Lipinski definition) is 2. The van der Waals surface area contributed by atoms with Gasteiger partial charge >= 0.3 is 0 Å². The molecule has 94 valence electrons. The first kappa shape index (κ1) is 13.5. The highest BCUT2D eigenvalue weighted by Crippen LogP contribution is 2.26. The lowest BCUT2D eigenvalue weighted by Crippen LogP contribution is -2.55. The van der Waals surface area contributed by atoms with Crippen molar-refractivity contribution >= 4 is 5.91 Å². The summed E-state index contributed by atoms with van der Waals surface area (Å²) in [5.41, 5.74) is 4.59. The molecule has 16 heavy (non-hydrogen) atoms. The fraction of sp³-hybridized carbons (Fsp3) is 0.917. The van der Waals surface area contributed by atoms with Gasteiger partial charge in [0, 0.05) is 0 Å². The van der Waals surface area contributed by atoms with Crippen molar-refractivity contribution in [3.05, 3.63) is 0 Å². The van der Waals surface area contributed by atoms with E-state index in [1.54, 1.807) is 14.0 Å². The van der Waals surface area contributed by atoms with Crippen molar-refractivity contribution < 1.29 is 9.53 Å². The molecule has 1 fully saturated rings. The van der Waals surface area contributed by atoms with E-state index in [4.69, 9.17) is 10.5 Å². The Kier molecular flexibility index (Phi) is 4.74. The summed E-state index contributed by atoms with van der Waals surface area (Å²) in [7, 11) is 1.73. The molecule has 3 N–H and O–H groups in total. The summed E-state index contributed by atoms with van der Waals surface area (Å²) in [4.78, 5) is 11.3. The van der Waals surface area contributed by atoms with Gasteiger partial charge in [-0.1, -0.05) is 6.92 Å². The number of rotatable bonds is 5. The Morgan fingerprint density at radius 2 is 2.00 bits per heavy atom. The van der Waals surface area contributed by atoms with Gasteiger partial charge in [0.15, 0.2) is 0 Å². The molecule has 1 amide bonds. The Bertz CT molecular complexity index is 237. The van der Waals surface area contributed by atoms with Gasteiger partial charge in [-0.25, -0.2) is 0 Å². The van der Waals surface area contributed by atoms with Gasteiger partial charge in [-0.15, -0.1) is 0 Å². The lowest BCUT2D eigenvalue weighted by Gasteiger charge is -2.31. The van der Waals surface area contributed by atoms with Crippen molar-refractivity contribution in [3.63, 3.8) is 0 Å². The van der Waals surface area contributed by atoms with Crippen LogP contribution in [-0.2, 0) is 9.53 Å². The minimum absolute atomic E-state index is 0.295. The van der Waals surface area contributed by atoms with Crippen molar-refractivity contribution in [3.8, 4) is 0 Å². The lowest BCUT2D eigenvalue weighted by molar-refractivity contribution is -0.127. The Morgan fingerprint density at radius 1 is 1.44 bits per heavy atom. The van der Waals surface area contributed by atoms with Gasteiger partial charge in [0.05, 0.1) is 12.7 Å². The SMILES string of the molecule is CNC(C)(COC1CCC(C)CC1)C(N)=O. The minimum atomic E-state index is -0.747. The van der Waals surface area contributed by atoms with E-state index in [1.165, 1.54) is 12.8 Å². The predicted molar refractivity (Wildman–Crippen MR) is 64.0 cm³/mol. The first-order chi connectivity index (χ1) is 7.48. The number of amides is 1. The second-order valence-corrected chi connectivity index (χ2v) is 5.14. The number of likely N-dealkylation sites (N-methyl/N-ethyl adjacent to an activating group) is 1.